The number of hydrogen-bond donors (Lipinski definition) is 0. The number of fused-ring (bicyclic) bond motifs is 4. The minimum Gasteiger partial charge on any atom is -0.491 e. The molecule has 0 atom stereocenters. The van der Waals surface area contributed by atoms with Crippen LogP contribution in [0.3, 0.4) is 0 Å². The molecule has 0 aliphatic carbocycles. The van der Waals surface area contributed by atoms with Gasteiger partial charge >= 0.3 is 0 Å². The molecule has 4 heteroatoms. The van der Waals surface area contributed by atoms with E-state index in [1.165, 1.54) is 5.56 Å². The van der Waals surface area contributed by atoms with E-state index in [1.54, 1.807) is 0 Å². The van der Waals surface area contributed by atoms with E-state index in [-0.39, 0.29) is 6.10 Å². The summed E-state index contributed by atoms with van der Waals surface area (Å²) in [7, 11) is 0. The molecule has 0 saturated heterocycles. The lowest BCUT2D eigenvalue weighted by Gasteiger charge is -2.15. The van der Waals surface area contributed by atoms with E-state index in [4.69, 9.17) is 14.7 Å². The van der Waals surface area contributed by atoms with Gasteiger partial charge in [0.1, 0.15) is 11.3 Å². The lowest BCUT2D eigenvalue weighted by molar-refractivity contribution is 0.239. The van der Waals surface area contributed by atoms with Crippen molar-refractivity contribution in [1.29, 1.82) is 0 Å². The van der Waals surface area contributed by atoms with Gasteiger partial charge in [0.05, 0.1) is 29.2 Å². The zero-order chi connectivity index (χ0) is 20.0. The summed E-state index contributed by atoms with van der Waals surface area (Å²) in [5.41, 5.74) is 7.18. The quantitative estimate of drug-likeness (QED) is 0.390. The average molecular weight is 381 g/mol. The number of rotatable bonds is 4. The van der Waals surface area contributed by atoms with Crippen LogP contribution in [-0.4, -0.2) is 20.6 Å². The van der Waals surface area contributed by atoms with Crippen molar-refractivity contribution in [2.75, 3.05) is 0 Å². The van der Waals surface area contributed by atoms with E-state index in [0.29, 0.717) is 6.54 Å². The first kappa shape index (κ1) is 17.7. The lowest BCUT2D eigenvalue weighted by Crippen LogP contribution is -2.09. The summed E-state index contributed by atoms with van der Waals surface area (Å²) in [5.74, 6) is 0.915. The highest BCUT2D eigenvalue weighted by atomic mass is 16.5. The number of hydrogen-bond acceptors (Lipinski definition) is 3. The van der Waals surface area contributed by atoms with Crippen molar-refractivity contribution in [3.05, 3.63) is 77.9 Å². The first-order valence-electron chi connectivity index (χ1n) is 10.00. The second kappa shape index (κ2) is 6.89. The van der Waals surface area contributed by atoms with Gasteiger partial charge in [-0.2, -0.15) is 0 Å². The summed E-state index contributed by atoms with van der Waals surface area (Å²) in [6.07, 6.45) is 0.126. The topological polar surface area (TPSA) is 39.9 Å². The fraction of sp³-hybridized carbons (Fsp3) is 0.200. The maximum absolute atomic E-state index is 6.06. The fourth-order valence-electron chi connectivity index (χ4n) is 3.88. The van der Waals surface area contributed by atoms with Crippen molar-refractivity contribution in [3.63, 3.8) is 0 Å². The molecule has 144 valence electrons. The molecule has 2 heterocycles. The van der Waals surface area contributed by atoms with Crippen LogP contribution in [0.2, 0.25) is 0 Å². The number of para-hydroxylation sites is 3. The van der Waals surface area contributed by atoms with E-state index >= 15 is 0 Å². The first-order chi connectivity index (χ1) is 14.1. The number of nitrogens with zero attached hydrogens (tertiary/aromatic N) is 3. The van der Waals surface area contributed by atoms with E-state index < -0.39 is 0 Å². The fourth-order valence-corrected chi connectivity index (χ4v) is 3.88. The van der Waals surface area contributed by atoms with Gasteiger partial charge in [0, 0.05) is 10.9 Å². The third-order valence-corrected chi connectivity index (χ3v) is 5.17. The molecule has 0 amide bonds. The molecule has 0 N–H and O–H groups in total. The molecule has 0 radical (unpaired) electrons. The highest BCUT2D eigenvalue weighted by molar-refractivity contribution is 6.06. The third-order valence-electron chi connectivity index (χ3n) is 5.17. The van der Waals surface area contributed by atoms with E-state index in [2.05, 4.69) is 55.7 Å². The van der Waals surface area contributed by atoms with Crippen molar-refractivity contribution < 1.29 is 4.74 Å². The lowest BCUT2D eigenvalue weighted by atomic mass is 10.1. The van der Waals surface area contributed by atoms with Gasteiger partial charge in [0.2, 0.25) is 0 Å². The summed E-state index contributed by atoms with van der Waals surface area (Å²) < 4.78 is 8.31. The van der Waals surface area contributed by atoms with Crippen LogP contribution < -0.4 is 4.74 Å². The van der Waals surface area contributed by atoms with Crippen molar-refractivity contribution in [2.45, 2.75) is 33.4 Å². The van der Waals surface area contributed by atoms with Gasteiger partial charge in [0.15, 0.2) is 5.65 Å². The van der Waals surface area contributed by atoms with Crippen molar-refractivity contribution >= 4 is 33.1 Å². The molecular weight excluding hydrogens is 358 g/mol. The Morgan fingerprint density at radius 3 is 2.41 bits per heavy atom. The standard InChI is InChI=1S/C25H23N3O/c1-16(2)29-23-11-7-4-8-18(23)15-28-22-13-12-17(3)14-19(22)24-25(28)27-21-10-6-5-9-20(21)26-24/h4-14,16H,15H2,1-3H3. The Bertz CT molecular complexity index is 1350. The largest absolute Gasteiger partial charge is 0.491 e. The Labute approximate surface area is 169 Å². The van der Waals surface area contributed by atoms with Gasteiger partial charge in [-0.05, 0) is 51.1 Å². The number of ether oxygens (including phenoxy) is 1. The van der Waals surface area contributed by atoms with Gasteiger partial charge in [-0.1, -0.05) is 42.0 Å². The molecular formula is C25H23N3O. The predicted octanol–water partition coefficient (Wildman–Crippen LogP) is 5.88. The van der Waals surface area contributed by atoms with Gasteiger partial charge < -0.3 is 9.30 Å². The van der Waals surface area contributed by atoms with Gasteiger partial charge in [-0.25, -0.2) is 9.97 Å². The summed E-state index contributed by atoms with van der Waals surface area (Å²) in [5, 5.41) is 1.14. The molecule has 4 nitrogen and oxygen atoms in total. The Kier molecular flexibility index (Phi) is 4.20. The minimum atomic E-state index is 0.126. The number of aryl methyl sites for hydroxylation is 1. The van der Waals surface area contributed by atoms with Gasteiger partial charge in [-0.15, -0.1) is 0 Å². The molecule has 0 bridgehead atoms. The van der Waals surface area contributed by atoms with Gasteiger partial charge in [0.25, 0.3) is 0 Å². The highest BCUT2D eigenvalue weighted by Crippen LogP contribution is 2.31. The zero-order valence-electron chi connectivity index (χ0n) is 16.9. The maximum Gasteiger partial charge on any atom is 0.160 e. The normalized spacial score (nSPS) is 11.7. The van der Waals surface area contributed by atoms with Crippen LogP contribution in [0.4, 0.5) is 0 Å². The van der Waals surface area contributed by atoms with Crippen LogP contribution >= 0.6 is 0 Å². The molecule has 29 heavy (non-hydrogen) atoms. The Morgan fingerprint density at radius 1 is 0.897 bits per heavy atom. The summed E-state index contributed by atoms with van der Waals surface area (Å²) >= 11 is 0. The van der Waals surface area contributed by atoms with Crippen LogP contribution in [0.5, 0.6) is 5.75 Å². The summed E-state index contributed by atoms with van der Waals surface area (Å²) in [6.45, 7) is 6.90. The second-order valence-corrected chi connectivity index (χ2v) is 7.77. The Hall–Kier alpha value is -3.40. The first-order valence-corrected chi connectivity index (χ1v) is 10.00. The molecule has 5 aromatic rings. The molecule has 5 rings (SSSR count). The molecule has 2 aromatic heterocycles. The van der Waals surface area contributed by atoms with Crippen molar-refractivity contribution in [3.8, 4) is 5.75 Å². The second-order valence-electron chi connectivity index (χ2n) is 7.77. The minimum absolute atomic E-state index is 0.126. The third kappa shape index (κ3) is 3.11. The molecule has 0 saturated carbocycles. The number of aromatic nitrogens is 3. The molecule has 0 unspecified atom stereocenters. The Morgan fingerprint density at radius 2 is 1.62 bits per heavy atom. The zero-order valence-corrected chi connectivity index (χ0v) is 16.9. The van der Waals surface area contributed by atoms with Crippen molar-refractivity contribution in [1.82, 2.24) is 14.5 Å². The van der Waals surface area contributed by atoms with Crippen molar-refractivity contribution in [2.24, 2.45) is 0 Å². The Balaban J connectivity index is 1.77. The highest BCUT2D eigenvalue weighted by Gasteiger charge is 2.16. The number of benzene rings is 3. The molecule has 0 aliphatic rings. The summed E-state index contributed by atoms with van der Waals surface area (Å²) in [4.78, 5) is 9.96. The SMILES string of the molecule is Cc1ccc2c(c1)c1nc3ccccc3nc1n2Cc1ccccc1OC(C)C. The van der Waals surface area contributed by atoms with Crippen LogP contribution in [0.1, 0.15) is 25.0 Å². The van der Waals surface area contributed by atoms with E-state index in [9.17, 15) is 0 Å². The molecule has 0 fully saturated rings. The maximum atomic E-state index is 6.06. The molecule has 0 aliphatic heterocycles. The van der Waals surface area contributed by atoms with E-state index in [0.717, 1.165) is 44.4 Å². The van der Waals surface area contributed by atoms with Gasteiger partial charge in [-0.3, -0.25) is 0 Å². The van der Waals surface area contributed by atoms with Crippen LogP contribution in [0.25, 0.3) is 33.1 Å². The monoisotopic (exact) mass is 381 g/mol. The smallest absolute Gasteiger partial charge is 0.160 e. The summed E-state index contributed by atoms with van der Waals surface area (Å²) in [6, 6.07) is 22.8. The molecule has 3 aromatic carbocycles. The van der Waals surface area contributed by atoms with Crippen LogP contribution in [-0.2, 0) is 6.54 Å². The molecule has 0 spiro atoms. The predicted molar refractivity (Wildman–Crippen MR) is 119 cm³/mol. The average Bonchev–Trinajstić information content (AvgIpc) is 2.99. The van der Waals surface area contributed by atoms with Crippen LogP contribution in [0.15, 0.2) is 66.7 Å². The van der Waals surface area contributed by atoms with Crippen LogP contribution in [0, 0.1) is 6.92 Å². The van der Waals surface area contributed by atoms with E-state index in [1.807, 2.05) is 36.4 Å².